The molecule has 0 aromatic carbocycles. The van der Waals surface area contributed by atoms with Crippen LogP contribution in [0.25, 0.3) is 0 Å². The highest BCUT2D eigenvalue weighted by molar-refractivity contribution is 7.87. The molecular weight excluding hydrogens is 370 g/mol. The molecule has 0 aliphatic carbocycles. The van der Waals surface area contributed by atoms with Crippen LogP contribution in [0.1, 0.15) is 50.4 Å². The van der Waals surface area contributed by atoms with Gasteiger partial charge in [-0.25, -0.2) is 4.72 Å². The number of hydrogen-bond acceptors (Lipinski definition) is 5. The van der Waals surface area contributed by atoms with E-state index in [0.29, 0.717) is 32.8 Å². The molecular formula is C18H33N3O3S2. The maximum atomic E-state index is 12.9. The van der Waals surface area contributed by atoms with Gasteiger partial charge in [-0.05, 0) is 24.3 Å². The molecule has 1 aromatic heterocycles. The zero-order valence-corrected chi connectivity index (χ0v) is 17.7. The predicted molar refractivity (Wildman–Crippen MR) is 108 cm³/mol. The van der Waals surface area contributed by atoms with Gasteiger partial charge in [0.25, 0.3) is 10.2 Å². The van der Waals surface area contributed by atoms with Crippen LogP contribution >= 0.6 is 11.3 Å². The van der Waals surface area contributed by atoms with Crippen LogP contribution in [0.5, 0.6) is 0 Å². The summed E-state index contributed by atoms with van der Waals surface area (Å²) < 4.78 is 35.7. The first kappa shape index (κ1) is 21.8. The minimum absolute atomic E-state index is 0.0628. The van der Waals surface area contributed by atoms with Crippen molar-refractivity contribution < 1.29 is 13.2 Å². The van der Waals surface area contributed by atoms with Gasteiger partial charge in [-0.2, -0.15) is 12.7 Å². The highest BCUT2D eigenvalue weighted by atomic mass is 32.2. The molecule has 2 heterocycles. The second-order valence-electron chi connectivity index (χ2n) is 6.64. The third-order valence-corrected chi connectivity index (χ3v) is 7.23. The van der Waals surface area contributed by atoms with E-state index in [1.54, 1.807) is 15.6 Å². The summed E-state index contributed by atoms with van der Waals surface area (Å²) in [5.74, 6) is 0. The summed E-state index contributed by atoms with van der Waals surface area (Å²) in [6.07, 6.45) is 3.76. The van der Waals surface area contributed by atoms with E-state index in [9.17, 15) is 8.42 Å². The third-order valence-electron chi connectivity index (χ3n) is 4.68. The van der Waals surface area contributed by atoms with Crippen molar-refractivity contribution in [2.75, 3.05) is 45.9 Å². The molecule has 6 nitrogen and oxygen atoms in total. The molecule has 1 atom stereocenters. The van der Waals surface area contributed by atoms with Crippen LogP contribution in [0.3, 0.4) is 0 Å². The number of nitrogens with zero attached hydrogens (tertiary/aromatic N) is 2. The number of rotatable bonds is 12. The molecule has 1 N–H and O–H groups in total. The smallest absolute Gasteiger partial charge is 0.279 e. The zero-order valence-electron chi connectivity index (χ0n) is 16.0. The maximum Gasteiger partial charge on any atom is 0.279 e. The lowest BCUT2D eigenvalue weighted by atomic mass is 10.2. The van der Waals surface area contributed by atoms with Crippen molar-refractivity contribution in [2.24, 2.45) is 0 Å². The molecule has 8 heteroatoms. The van der Waals surface area contributed by atoms with Crippen molar-refractivity contribution in [1.82, 2.24) is 13.9 Å². The van der Waals surface area contributed by atoms with Crippen molar-refractivity contribution in [3.63, 3.8) is 0 Å². The molecule has 0 bridgehead atoms. The van der Waals surface area contributed by atoms with Gasteiger partial charge in [-0.3, -0.25) is 4.90 Å². The van der Waals surface area contributed by atoms with E-state index in [4.69, 9.17) is 4.74 Å². The lowest BCUT2D eigenvalue weighted by molar-refractivity contribution is 0.0178. The van der Waals surface area contributed by atoms with Crippen LogP contribution < -0.4 is 4.72 Å². The minimum atomic E-state index is -3.46. The SMILES string of the molecule is CCCCN(CCCC)S(=O)(=O)NC[C@H](c1cccs1)N1CCOCC1. The zero-order chi connectivity index (χ0) is 18.8. The number of unbranched alkanes of at least 4 members (excludes halogenated alkanes) is 2. The van der Waals surface area contributed by atoms with E-state index >= 15 is 0 Å². The average molecular weight is 404 g/mol. The highest BCUT2D eigenvalue weighted by Crippen LogP contribution is 2.25. The molecule has 1 aliphatic heterocycles. The molecule has 1 aliphatic rings. The molecule has 0 amide bonds. The van der Waals surface area contributed by atoms with Crippen molar-refractivity contribution in [1.29, 1.82) is 0 Å². The number of hydrogen-bond donors (Lipinski definition) is 1. The molecule has 26 heavy (non-hydrogen) atoms. The Kier molecular flexibility index (Phi) is 9.52. The number of thiophene rings is 1. The molecule has 0 spiro atoms. The molecule has 0 saturated carbocycles. The Bertz CT molecular complexity index is 579. The standard InChI is InChI=1S/C18H33N3O3S2/c1-3-5-9-21(10-6-4-2)26(22,23)19-16-17(18-8-7-15-25-18)20-11-13-24-14-12-20/h7-8,15,17,19H,3-6,9-14,16H2,1-2H3/t17-/m1/s1. The Morgan fingerprint density at radius 3 is 2.42 bits per heavy atom. The topological polar surface area (TPSA) is 61.9 Å². The highest BCUT2D eigenvalue weighted by Gasteiger charge is 2.27. The van der Waals surface area contributed by atoms with Crippen LogP contribution in [-0.4, -0.2) is 63.6 Å². The second-order valence-corrected chi connectivity index (χ2v) is 9.37. The van der Waals surface area contributed by atoms with Crippen LogP contribution in [0.15, 0.2) is 17.5 Å². The lowest BCUT2D eigenvalue weighted by Crippen LogP contribution is -2.47. The van der Waals surface area contributed by atoms with Crippen LogP contribution in [-0.2, 0) is 14.9 Å². The van der Waals surface area contributed by atoms with Crippen molar-refractivity contribution in [3.05, 3.63) is 22.4 Å². The molecule has 2 rings (SSSR count). The molecule has 150 valence electrons. The molecule has 1 fully saturated rings. The van der Waals surface area contributed by atoms with E-state index in [1.165, 1.54) is 4.88 Å². The number of ether oxygens (including phenoxy) is 1. The van der Waals surface area contributed by atoms with Crippen molar-refractivity contribution in [3.8, 4) is 0 Å². The van der Waals surface area contributed by atoms with Gasteiger partial charge >= 0.3 is 0 Å². The first-order chi connectivity index (χ1) is 12.6. The fourth-order valence-corrected chi connectivity index (χ4v) is 5.23. The quantitative estimate of drug-likeness (QED) is 0.583. The normalized spacial score (nSPS) is 17.7. The summed E-state index contributed by atoms with van der Waals surface area (Å²) in [5.41, 5.74) is 0. The number of morpholine rings is 1. The van der Waals surface area contributed by atoms with E-state index < -0.39 is 10.2 Å². The summed E-state index contributed by atoms with van der Waals surface area (Å²) in [7, 11) is -3.46. The van der Waals surface area contributed by atoms with Gasteiger partial charge < -0.3 is 4.74 Å². The van der Waals surface area contributed by atoms with Crippen LogP contribution in [0, 0.1) is 0 Å². The van der Waals surface area contributed by atoms with E-state index in [-0.39, 0.29) is 6.04 Å². The predicted octanol–water partition coefficient (Wildman–Crippen LogP) is 2.86. The Hall–Kier alpha value is -0.510. The van der Waals surface area contributed by atoms with Gasteiger partial charge in [0.05, 0.1) is 19.3 Å². The van der Waals surface area contributed by atoms with Gasteiger partial charge in [0.1, 0.15) is 0 Å². The third kappa shape index (κ3) is 6.58. The van der Waals surface area contributed by atoms with Gasteiger partial charge in [0.15, 0.2) is 0 Å². The maximum absolute atomic E-state index is 12.9. The average Bonchev–Trinajstić information content (AvgIpc) is 3.17. The minimum Gasteiger partial charge on any atom is -0.379 e. The van der Waals surface area contributed by atoms with E-state index in [1.807, 2.05) is 11.4 Å². The molecule has 0 unspecified atom stereocenters. The monoisotopic (exact) mass is 403 g/mol. The Balaban J connectivity index is 2.04. The molecule has 1 aromatic rings. The molecule has 0 radical (unpaired) electrons. The van der Waals surface area contributed by atoms with Gasteiger partial charge in [-0.1, -0.05) is 32.8 Å². The van der Waals surface area contributed by atoms with Crippen LogP contribution in [0.4, 0.5) is 0 Å². The van der Waals surface area contributed by atoms with Crippen molar-refractivity contribution in [2.45, 2.75) is 45.6 Å². The molecule has 1 saturated heterocycles. The Morgan fingerprint density at radius 2 is 1.88 bits per heavy atom. The van der Waals surface area contributed by atoms with Crippen molar-refractivity contribution >= 4 is 21.5 Å². The first-order valence-electron chi connectivity index (χ1n) is 9.68. The van der Waals surface area contributed by atoms with Gasteiger partial charge in [0.2, 0.25) is 0 Å². The van der Waals surface area contributed by atoms with Gasteiger partial charge in [-0.15, -0.1) is 11.3 Å². The fraction of sp³-hybridized carbons (Fsp3) is 0.778. The summed E-state index contributed by atoms with van der Waals surface area (Å²) in [6, 6.07) is 4.18. The summed E-state index contributed by atoms with van der Waals surface area (Å²) in [6.45, 7) is 8.82. The largest absolute Gasteiger partial charge is 0.379 e. The first-order valence-corrected chi connectivity index (χ1v) is 12.0. The van der Waals surface area contributed by atoms with Gasteiger partial charge in [0, 0.05) is 37.6 Å². The second kappa shape index (κ2) is 11.4. The fourth-order valence-electron chi connectivity index (χ4n) is 3.08. The summed E-state index contributed by atoms with van der Waals surface area (Å²) >= 11 is 1.68. The Morgan fingerprint density at radius 1 is 1.23 bits per heavy atom. The van der Waals surface area contributed by atoms with E-state index in [0.717, 1.165) is 38.8 Å². The number of nitrogens with one attached hydrogen (secondary N) is 1. The lowest BCUT2D eigenvalue weighted by Gasteiger charge is -2.34. The van der Waals surface area contributed by atoms with E-state index in [2.05, 4.69) is 29.5 Å². The van der Waals surface area contributed by atoms with Crippen LogP contribution in [0.2, 0.25) is 0 Å². The summed E-state index contributed by atoms with van der Waals surface area (Å²) in [4.78, 5) is 3.52. The summed E-state index contributed by atoms with van der Waals surface area (Å²) in [5, 5.41) is 2.05. The Labute approximate surface area is 162 Å².